The summed E-state index contributed by atoms with van der Waals surface area (Å²) in [6.07, 6.45) is 0.932. The van der Waals surface area contributed by atoms with E-state index in [4.69, 9.17) is 4.74 Å². The van der Waals surface area contributed by atoms with Crippen molar-refractivity contribution in [3.63, 3.8) is 0 Å². The Labute approximate surface area is 154 Å². The summed E-state index contributed by atoms with van der Waals surface area (Å²) in [4.78, 5) is 24.7. The number of amides is 2. The molecule has 138 valence electrons. The molecule has 0 saturated carbocycles. The van der Waals surface area contributed by atoms with Gasteiger partial charge < -0.3 is 15.4 Å². The number of ether oxygens (including phenoxy) is 1. The zero-order valence-corrected chi connectivity index (χ0v) is 15.8. The summed E-state index contributed by atoms with van der Waals surface area (Å²) in [5, 5.41) is 5.72. The van der Waals surface area contributed by atoms with Gasteiger partial charge in [0.05, 0.1) is 6.61 Å². The lowest BCUT2D eigenvalue weighted by Crippen LogP contribution is -2.40. The van der Waals surface area contributed by atoms with Gasteiger partial charge in [0.2, 0.25) is 0 Å². The van der Waals surface area contributed by atoms with Crippen LogP contribution in [0.25, 0.3) is 0 Å². The van der Waals surface area contributed by atoms with Crippen molar-refractivity contribution in [1.82, 2.24) is 5.32 Å². The van der Waals surface area contributed by atoms with Gasteiger partial charge in [-0.2, -0.15) is 0 Å². The van der Waals surface area contributed by atoms with Crippen molar-refractivity contribution in [1.29, 1.82) is 0 Å². The number of anilines is 1. The summed E-state index contributed by atoms with van der Waals surface area (Å²) in [6.45, 7) is 8.45. The fraction of sp³-hybridized carbons (Fsp3) is 0.333. The summed E-state index contributed by atoms with van der Waals surface area (Å²) in [6, 6.07) is 13.9. The minimum Gasteiger partial charge on any atom is -0.494 e. The van der Waals surface area contributed by atoms with Crippen LogP contribution in [0.2, 0.25) is 0 Å². The lowest BCUT2D eigenvalue weighted by Gasteiger charge is -2.20. The Kier molecular flexibility index (Phi) is 6.39. The van der Waals surface area contributed by atoms with Gasteiger partial charge >= 0.3 is 0 Å². The number of hydrogen-bond donors (Lipinski definition) is 2. The second-order valence-electron chi connectivity index (χ2n) is 7.11. The molecule has 0 atom stereocenters. The van der Waals surface area contributed by atoms with E-state index in [1.54, 1.807) is 48.5 Å². The first kappa shape index (κ1) is 19.5. The largest absolute Gasteiger partial charge is 0.494 e. The number of carbonyl (C=O) groups excluding carboxylic acids is 2. The van der Waals surface area contributed by atoms with Gasteiger partial charge in [-0.1, -0.05) is 13.0 Å². The average Bonchev–Trinajstić information content (AvgIpc) is 2.59. The molecule has 0 radical (unpaired) electrons. The standard InChI is InChI=1S/C21H26N2O3/c1-5-13-26-18-11-9-15(10-12-18)19(24)22-17-8-6-7-16(14-17)20(25)23-21(2,3)4/h6-12,14H,5,13H2,1-4H3,(H,22,24)(H,23,25). The molecule has 0 saturated heterocycles. The van der Waals surface area contributed by atoms with Crippen molar-refractivity contribution in [2.75, 3.05) is 11.9 Å². The first-order valence-electron chi connectivity index (χ1n) is 8.75. The van der Waals surface area contributed by atoms with Gasteiger partial charge in [-0.25, -0.2) is 0 Å². The first-order chi connectivity index (χ1) is 12.3. The number of rotatable bonds is 6. The number of nitrogens with one attached hydrogen (secondary N) is 2. The molecule has 26 heavy (non-hydrogen) atoms. The normalized spacial score (nSPS) is 10.9. The highest BCUT2D eigenvalue weighted by Gasteiger charge is 2.16. The fourth-order valence-corrected chi connectivity index (χ4v) is 2.28. The van der Waals surface area contributed by atoms with E-state index in [1.165, 1.54) is 0 Å². The van der Waals surface area contributed by atoms with Crippen LogP contribution in [0.1, 0.15) is 54.8 Å². The lowest BCUT2D eigenvalue weighted by atomic mass is 10.1. The molecule has 5 heteroatoms. The quantitative estimate of drug-likeness (QED) is 0.815. The van der Waals surface area contributed by atoms with Crippen molar-refractivity contribution in [3.8, 4) is 5.75 Å². The highest BCUT2D eigenvalue weighted by Crippen LogP contribution is 2.16. The van der Waals surface area contributed by atoms with Gasteiger partial charge in [0.15, 0.2) is 0 Å². The molecule has 0 heterocycles. The third-order valence-corrected chi connectivity index (χ3v) is 3.46. The minimum absolute atomic E-state index is 0.175. The molecule has 0 bridgehead atoms. The van der Waals surface area contributed by atoms with E-state index in [9.17, 15) is 9.59 Å². The van der Waals surface area contributed by atoms with Crippen LogP contribution in [0.3, 0.4) is 0 Å². The zero-order chi connectivity index (χ0) is 19.2. The molecule has 2 rings (SSSR count). The van der Waals surface area contributed by atoms with E-state index in [0.717, 1.165) is 12.2 Å². The molecule has 2 N–H and O–H groups in total. The number of hydrogen-bond acceptors (Lipinski definition) is 3. The predicted molar refractivity (Wildman–Crippen MR) is 104 cm³/mol. The topological polar surface area (TPSA) is 67.4 Å². The van der Waals surface area contributed by atoms with Gasteiger partial charge in [0, 0.05) is 22.4 Å². The molecule has 2 aromatic carbocycles. The van der Waals surface area contributed by atoms with E-state index in [0.29, 0.717) is 23.4 Å². The second kappa shape index (κ2) is 8.52. The van der Waals surface area contributed by atoms with Crippen LogP contribution in [-0.4, -0.2) is 24.0 Å². The Hall–Kier alpha value is -2.82. The lowest BCUT2D eigenvalue weighted by molar-refractivity contribution is 0.0918. The van der Waals surface area contributed by atoms with Crippen molar-refractivity contribution in [2.24, 2.45) is 0 Å². The molecule has 0 aliphatic carbocycles. The van der Waals surface area contributed by atoms with Crippen LogP contribution in [0.15, 0.2) is 48.5 Å². The number of benzene rings is 2. The van der Waals surface area contributed by atoms with Crippen LogP contribution in [0.5, 0.6) is 5.75 Å². The van der Waals surface area contributed by atoms with E-state index < -0.39 is 0 Å². The number of carbonyl (C=O) groups is 2. The molecule has 0 aromatic heterocycles. The van der Waals surface area contributed by atoms with Crippen molar-refractivity contribution < 1.29 is 14.3 Å². The van der Waals surface area contributed by atoms with E-state index in [2.05, 4.69) is 10.6 Å². The molecule has 0 aliphatic heterocycles. The van der Waals surface area contributed by atoms with Crippen molar-refractivity contribution >= 4 is 17.5 Å². The first-order valence-corrected chi connectivity index (χ1v) is 8.75. The molecule has 2 amide bonds. The summed E-state index contributed by atoms with van der Waals surface area (Å²) < 4.78 is 5.51. The molecule has 0 spiro atoms. The van der Waals surface area contributed by atoms with E-state index in [1.807, 2.05) is 27.7 Å². The average molecular weight is 354 g/mol. The maximum absolute atomic E-state index is 12.4. The van der Waals surface area contributed by atoms with Crippen molar-refractivity contribution in [2.45, 2.75) is 39.7 Å². The SMILES string of the molecule is CCCOc1ccc(C(=O)Nc2cccc(C(=O)NC(C)(C)C)c2)cc1. The highest BCUT2D eigenvalue weighted by molar-refractivity contribution is 6.05. The maximum atomic E-state index is 12.4. The highest BCUT2D eigenvalue weighted by atomic mass is 16.5. The Morgan fingerprint density at radius 1 is 0.962 bits per heavy atom. The summed E-state index contributed by atoms with van der Waals surface area (Å²) >= 11 is 0. The van der Waals surface area contributed by atoms with Crippen LogP contribution >= 0.6 is 0 Å². The van der Waals surface area contributed by atoms with Gasteiger partial charge in [-0.15, -0.1) is 0 Å². The summed E-state index contributed by atoms with van der Waals surface area (Å²) in [5.41, 5.74) is 1.28. The molecule has 0 unspecified atom stereocenters. The van der Waals surface area contributed by atoms with Crippen molar-refractivity contribution in [3.05, 3.63) is 59.7 Å². The maximum Gasteiger partial charge on any atom is 0.255 e. The van der Waals surface area contributed by atoms with Crippen LogP contribution in [0.4, 0.5) is 5.69 Å². The molecule has 2 aromatic rings. The Balaban J connectivity index is 2.05. The monoisotopic (exact) mass is 354 g/mol. The Bertz CT molecular complexity index is 762. The van der Waals surface area contributed by atoms with Gasteiger partial charge in [0.1, 0.15) is 5.75 Å². The van der Waals surface area contributed by atoms with E-state index >= 15 is 0 Å². The third-order valence-electron chi connectivity index (χ3n) is 3.46. The predicted octanol–water partition coefficient (Wildman–Crippen LogP) is 4.26. The minimum atomic E-state index is -0.321. The molecule has 0 fully saturated rings. The second-order valence-corrected chi connectivity index (χ2v) is 7.11. The Morgan fingerprint density at radius 2 is 1.65 bits per heavy atom. The fourth-order valence-electron chi connectivity index (χ4n) is 2.28. The van der Waals surface area contributed by atoms with Crippen LogP contribution in [-0.2, 0) is 0 Å². The van der Waals surface area contributed by atoms with Crippen LogP contribution < -0.4 is 15.4 Å². The van der Waals surface area contributed by atoms with Gasteiger partial charge in [0.25, 0.3) is 11.8 Å². The molecular formula is C21H26N2O3. The van der Waals surface area contributed by atoms with Crippen LogP contribution in [0, 0.1) is 0 Å². The van der Waals surface area contributed by atoms with E-state index in [-0.39, 0.29) is 17.4 Å². The summed E-state index contributed by atoms with van der Waals surface area (Å²) in [5.74, 6) is 0.329. The molecule has 5 nitrogen and oxygen atoms in total. The van der Waals surface area contributed by atoms with Gasteiger partial charge in [-0.3, -0.25) is 9.59 Å². The van der Waals surface area contributed by atoms with Gasteiger partial charge in [-0.05, 0) is 69.7 Å². The molecular weight excluding hydrogens is 328 g/mol. The zero-order valence-electron chi connectivity index (χ0n) is 15.8. The summed E-state index contributed by atoms with van der Waals surface area (Å²) in [7, 11) is 0. The smallest absolute Gasteiger partial charge is 0.255 e. The molecule has 0 aliphatic rings. The Morgan fingerprint density at radius 3 is 2.27 bits per heavy atom. The third kappa shape index (κ3) is 5.92.